The van der Waals surface area contributed by atoms with Gasteiger partial charge < -0.3 is 14.6 Å². The number of aromatic hydroxyl groups is 1. The zero-order chi connectivity index (χ0) is 23.5. The van der Waals surface area contributed by atoms with E-state index < -0.39 is 11.5 Å². The Morgan fingerprint density at radius 3 is 2.47 bits per heavy atom. The standard InChI is InChI=1S/C24H22ClF2NO4/c1-24(27,11-10-18(29)14-5-7-19(30)21(13-14)32-3)22-9-8-20(31-2)23(28-22)15-4-6-17(26)16(25)12-15/h4-9,12-13,30H,10-11H2,1-3H3. The summed E-state index contributed by atoms with van der Waals surface area (Å²) < 4.78 is 39.5. The van der Waals surface area contributed by atoms with Crippen LogP contribution in [0.1, 0.15) is 35.8 Å². The predicted octanol–water partition coefficient (Wildman–Crippen LogP) is 6.11. The lowest BCUT2D eigenvalue weighted by molar-refractivity contribution is 0.0929. The molecule has 2 aromatic carbocycles. The van der Waals surface area contributed by atoms with Gasteiger partial charge in [0.15, 0.2) is 17.3 Å². The van der Waals surface area contributed by atoms with Crippen molar-refractivity contribution in [2.45, 2.75) is 25.4 Å². The number of methoxy groups -OCH3 is 2. The number of alkyl halides is 1. The van der Waals surface area contributed by atoms with E-state index in [0.29, 0.717) is 22.6 Å². The van der Waals surface area contributed by atoms with Gasteiger partial charge in [-0.3, -0.25) is 4.79 Å². The number of ether oxygens (including phenoxy) is 2. The number of phenolic OH excluding ortho intramolecular Hbond substituents is 1. The monoisotopic (exact) mass is 461 g/mol. The summed E-state index contributed by atoms with van der Waals surface area (Å²) in [6, 6.07) is 11.3. The molecule has 0 fully saturated rings. The summed E-state index contributed by atoms with van der Waals surface area (Å²) in [4.78, 5) is 17.0. The van der Waals surface area contributed by atoms with E-state index in [4.69, 9.17) is 21.1 Å². The summed E-state index contributed by atoms with van der Waals surface area (Å²) in [5.74, 6) is -0.426. The molecule has 3 rings (SSSR count). The average Bonchev–Trinajstić information content (AvgIpc) is 2.79. The van der Waals surface area contributed by atoms with Crippen LogP contribution in [0.3, 0.4) is 0 Å². The number of benzene rings is 2. The minimum Gasteiger partial charge on any atom is -0.504 e. The molecule has 5 nitrogen and oxygen atoms in total. The smallest absolute Gasteiger partial charge is 0.163 e. The van der Waals surface area contributed by atoms with Crippen molar-refractivity contribution in [1.82, 2.24) is 4.98 Å². The van der Waals surface area contributed by atoms with Crippen molar-refractivity contribution in [2.24, 2.45) is 0 Å². The van der Waals surface area contributed by atoms with E-state index in [2.05, 4.69) is 4.98 Å². The van der Waals surface area contributed by atoms with Gasteiger partial charge in [-0.05, 0) is 61.9 Å². The van der Waals surface area contributed by atoms with Gasteiger partial charge in [0.25, 0.3) is 0 Å². The van der Waals surface area contributed by atoms with Crippen LogP contribution in [0.25, 0.3) is 11.3 Å². The number of Topliss-reactive ketones (excluding diaryl/α,β-unsaturated/α-hetero) is 1. The van der Waals surface area contributed by atoms with E-state index in [9.17, 15) is 14.3 Å². The van der Waals surface area contributed by atoms with Gasteiger partial charge >= 0.3 is 0 Å². The molecule has 168 valence electrons. The average molecular weight is 462 g/mol. The van der Waals surface area contributed by atoms with E-state index >= 15 is 4.39 Å². The molecule has 8 heteroatoms. The lowest BCUT2D eigenvalue weighted by Crippen LogP contribution is -2.19. The lowest BCUT2D eigenvalue weighted by Gasteiger charge is -2.21. The molecule has 0 amide bonds. The van der Waals surface area contributed by atoms with Crippen LogP contribution in [0.15, 0.2) is 48.5 Å². The first kappa shape index (κ1) is 23.5. The van der Waals surface area contributed by atoms with Crippen molar-refractivity contribution >= 4 is 17.4 Å². The summed E-state index contributed by atoms with van der Waals surface area (Å²) in [5, 5.41) is 9.59. The zero-order valence-corrected chi connectivity index (χ0v) is 18.5. The van der Waals surface area contributed by atoms with Crippen molar-refractivity contribution < 1.29 is 28.2 Å². The van der Waals surface area contributed by atoms with Crippen molar-refractivity contribution in [3.63, 3.8) is 0 Å². The highest BCUT2D eigenvalue weighted by Crippen LogP contribution is 2.36. The molecule has 0 saturated heterocycles. The Kier molecular flexibility index (Phi) is 6.99. The normalized spacial score (nSPS) is 12.8. The molecule has 3 aromatic rings. The third kappa shape index (κ3) is 4.99. The molecule has 0 radical (unpaired) electrons. The molecular weight excluding hydrogens is 440 g/mol. The number of carbonyl (C=O) groups excluding carboxylic acids is 1. The number of phenols is 1. The van der Waals surface area contributed by atoms with Crippen LogP contribution in [0, 0.1) is 5.82 Å². The summed E-state index contributed by atoms with van der Waals surface area (Å²) in [5.41, 5.74) is -0.741. The van der Waals surface area contributed by atoms with Crippen LogP contribution < -0.4 is 9.47 Å². The second-order valence-corrected chi connectivity index (χ2v) is 7.79. The van der Waals surface area contributed by atoms with Crippen LogP contribution in [0.2, 0.25) is 5.02 Å². The Balaban J connectivity index is 1.84. The molecule has 32 heavy (non-hydrogen) atoms. The molecule has 0 aliphatic rings. The van der Waals surface area contributed by atoms with Crippen molar-refractivity contribution in [3.8, 4) is 28.5 Å². The first-order valence-corrected chi connectivity index (χ1v) is 10.1. The fourth-order valence-corrected chi connectivity index (χ4v) is 3.40. The summed E-state index contributed by atoms with van der Waals surface area (Å²) in [6.45, 7) is 1.34. The lowest BCUT2D eigenvalue weighted by atomic mass is 9.93. The number of ketones is 1. The Hall–Kier alpha value is -3.19. The van der Waals surface area contributed by atoms with Gasteiger partial charge in [-0.25, -0.2) is 13.8 Å². The molecule has 0 saturated carbocycles. The van der Waals surface area contributed by atoms with Crippen molar-refractivity contribution in [2.75, 3.05) is 14.2 Å². The number of halogens is 3. The highest BCUT2D eigenvalue weighted by molar-refractivity contribution is 6.31. The molecule has 1 N–H and O–H groups in total. The molecule has 0 spiro atoms. The molecule has 0 bridgehead atoms. The predicted molar refractivity (Wildman–Crippen MR) is 118 cm³/mol. The Morgan fingerprint density at radius 2 is 1.81 bits per heavy atom. The van der Waals surface area contributed by atoms with E-state index in [0.717, 1.165) is 0 Å². The fraction of sp³-hybridized carbons (Fsp3) is 0.250. The summed E-state index contributed by atoms with van der Waals surface area (Å²) >= 11 is 5.88. The van der Waals surface area contributed by atoms with Gasteiger partial charge in [0.2, 0.25) is 0 Å². The van der Waals surface area contributed by atoms with Crippen molar-refractivity contribution in [3.05, 3.63) is 70.6 Å². The summed E-state index contributed by atoms with van der Waals surface area (Å²) in [6.07, 6.45) is -0.218. The number of rotatable bonds is 8. The van der Waals surface area contributed by atoms with Crippen LogP contribution in [-0.4, -0.2) is 30.1 Å². The number of hydrogen-bond donors (Lipinski definition) is 1. The van der Waals surface area contributed by atoms with E-state index in [1.807, 2.05) is 0 Å². The quantitative estimate of drug-likeness (QED) is 0.410. The topological polar surface area (TPSA) is 68.7 Å². The third-order valence-corrected chi connectivity index (χ3v) is 5.42. The van der Waals surface area contributed by atoms with E-state index in [1.165, 1.54) is 63.6 Å². The van der Waals surface area contributed by atoms with Gasteiger partial charge in [-0.15, -0.1) is 0 Å². The minimum absolute atomic E-state index is 0.0877. The number of hydrogen-bond acceptors (Lipinski definition) is 5. The first-order chi connectivity index (χ1) is 15.2. The number of carbonyl (C=O) groups is 1. The van der Waals surface area contributed by atoms with Crippen LogP contribution in [0.4, 0.5) is 8.78 Å². The van der Waals surface area contributed by atoms with Gasteiger partial charge in [-0.2, -0.15) is 0 Å². The summed E-state index contributed by atoms with van der Waals surface area (Å²) in [7, 11) is 2.83. The van der Waals surface area contributed by atoms with E-state index in [1.54, 1.807) is 6.07 Å². The van der Waals surface area contributed by atoms with Crippen molar-refractivity contribution in [1.29, 1.82) is 0 Å². The van der Waals surface area contributed by atoms with Gasteiger partial charge in [0, 0.05) is 17.5 Å². The van der Waals surface area contributed by atoms with Crippen LogP contribution >= 0.6 is 11.6 Å². The molecule has 1 unspecified atom stereocenters. The molecule has 0 aliphatic heterocycles. The molecule has 1 heterocycles. The van der Waals surface area contributed by atoms with Crippen LogP contribution in [0.5, 0.6) is 17.2 Å². The third-order valence-electron chi connectivity index (χ3n) is 5.13. The number of pyridine rings is 1. The maximum atomic E-state index is 15.6. The zero-order valence-electron chi connectivity index (χ0n) is 17.8. The first-order valence-electron chi connectivity index (χ1n) is 9.76. The largest absolute Gasteiger partial charge is 0.504 e. The Morgan fingerprint density at radius 1 is 1.09 bits per heavy atom. The van der Waals surface area contributed by atoms with Crippen LogP contribution in [-0.2, 0) is 5.67 Å². The highest BCUT2D eigenvalue weighted by Gasteiger charge is 2.30. The number of aromatic nitrogens is 1. The molecule has 1 aromatic heterocycles. The van der Waals surface area contributed by atoms with Gasteiger partial charge in [-0.1, -0.05) is 11.6 Å². The van der Waals surface area contributed by atoms with Gasteiger partial charge in [0.1, 0.15) is 22.9 Å². The molecule has 0 aliphatic carbocycles. The minimum atomic E-state index is -1.93. The maximum Gasteiger partial charge on any atom is 0.163 e. The maximum absolute atomic E-state index is 15.6. The second-order valence-electron chi connectivity index (χ2n) is 7.38. The molecular formula is C24H22ClF2NO4. The Labute approximate surface area is 189 Å². The SMILES string of the molecule is COc1cc(C(=O)CCC(C)(F)c2ccc(OC)c(-c3ccc(F)c(Cl)c3)n2)ccc1O. The van der Waals surface area contributed by atoms with E-state index in [-0.39, 0.29) is 40.8 Å². The number of nitrogens with zero attached hydrogens (tertiary/aromatic N) is 1. The highest BCUT2D eigenvalue weighted by atomic mass is 35.5. The fourth-order valence-electron chi connectivity index (χ4n) is 3.22. The molecule has 1 atom stereocenters. The Bertz CT molecular complexity index is 1150. The van der Waals surface area contributed by atoms with Gasteiger partial charge in [0.05, 0.1) is 24.9 Å². The second kappa shape index (κ2) is 9.53.